The Hall–Kier alpha value is -2.56. The monoisotopic (exact) mass is 254 g/mol. The van der Waals surface area contributed by atoms with Crippen molar-refractivity contribution in [2.45, 2.75) is 6.42 Å². The van der Waals surface area contributed by atoms with Crippen LogP contribution in [0.5, 0.6) is 5.75 Å². The smallest absolute Gasteiger partial charge is 0.243 e. The molecule has 3 aromatic rings. The Morgan fingerprint density at radius 3 is 2.74 bits per heavy atom. The minimum Gasteiger partial charge on any atom is -0.508 e. The Kier molecular flexibility index (Phi) is 3.02. The number of aromatic hydroxyl groups is 1. The Labute approximate surface area is 110 Å². The molecule has 0 unspecified atom stereocenters. The summed E-state index contributed by atoms with van der Waals surface area (Å²) >= 11 is 0. The molecule has 19 heavy (non-hydrogen) atoms. The summed E-state index contributed by atoms with van der Waals surface area (Å²) < 4.78 is 1.74. The summed E-state index contributed by atoms with van der Waals surface area (Å²) in [5, 5.41) is 16.7. The van der Waals surface area contributed by atoms with E-state index in [1.807, 2.05) is 36.5 Å². The molecule has 0 saturated heterocycles. The molecule has 0 aliphatic rings. The first-order valence-corrected chi connectivity index (χ1v) is 6.14. The first kappa shape index (κ1) is 11.5. The van der Waals surface area contributed by atoms with Gasteiger partial charge in [0.1, 0.15) is 5.75 Å². The van der Waals surface area contributed by atoms with Crippen LogP contribution in [0.1, 0.15) is 5.56 Å². The van der Waals surface area contributed by atoms with Crippen molar-refractivity contribution in [1.29, 1.82) is 0 Å². The molecular weight excluding hydrogens is 240 g/mol. The van der Waals surface area contributed by atoms with Gasteiger partial charge in [0.2, 0.25) is 5.95 Å². The third kappa shape index (κ3) is 2.65. The van der Waals surface area contributed by atoms with E-state index >= 15 is 0 Å². The fraction of sp³-hybridized carbons (Fsp3) is 0.143. The molecule has 5 heteroatoms. The summed E-state index contributed by atoms with van der Waals surface area (Å²) in [6.07, 6.45) is 2.73. The van der Waals surface area contributed by atoms with E-state index < -0.39 is 0 Å². The molecular formula is C14H14N4O. The van der Waals surface area contributed by atoms with E-state index in [1.54, 1.807) is 16.6 Å². The minimum atomic E-state index is 0.290. The van der Waals surface area contributed by atoms with Crippen molar-refractivity contribution < 1.29 is 5.11 Å². The fourth-order valence-electron chi connectivity index (χ4n) is 1.89. The molecule has 0 aliphatic carbocycles. The summed E-state index contributed by atoms with van der Waals surface area (Å²) in [7, 11) is 0. The number of rotatable bonds is 4. The van der Waals surface area contributed by atoms with Gasteiger partial charge >= 0.3 is 0 Å². The fourth-order valence-corrected chi connectivity index (χ4v) is 1.89. The Morgan fingerprint density at radius 2 is 1.95 bits per heavy atom. The van der Waals surface area contributed by atoms with Gasteiger partial charge in [-0.15, -0.1) is 5.10 Å². The van der Waals surface area contributed by atoms with Gasteiger partial charge in [-0.2, -0.15) is 4.98 Å². The lowest BCUT2D eigenvalue weighted by atomic mass is 10.1. The zero-order valence-corrected chi connectivity index (χ0v) is 10.3. The maximum absolute atomic E-state index is 9.20. The second kappa shape index (κ2) is 4.97. The number of anilines is 1. The number of benzene rings is 1. The molecule has 5 nitrogen and oxygen atoms in total. The van der Waals surface area contributed by atoms with Gasteiger partial charge in [-0.25, -0.2) is 4.52 Å². The highest BCUT2D eigenvalue weighted by molar-refractivity contribution is 5.42. The summed E-state index contributed by atoms with van der Waals surface area (Å²) in [5.41, 5.74) is 1.99. The van der Waals surface area contributed by atoms with E-state index in [4.69, 9.17) is 0 Å². The third-order valence-corrected chi connectivity index (χ3v) is 2.87. The van der Waals surface area contributed by atoms with Crippen molar-refractivity contribution in [2.75, 3.05) is 11.9 Å². The number of hydrogen-bond acceptors (Lipinski definition) is 4. The lowest BCUT2D eigenvalue weighted by Gasteiger charge is -2.02. The van der Waals surface area contributed by atoms with Gasteiger partial charge in [0, 0.05) is 12.7 Å². The summed E-state index contributed by atoms with van der Waals surface area (Å²) in [6.45, 7) is 0.752. The quantitative estimate of drug-likeness (QED) is 0.748. The number of fused-ring (bicyclic) bond motifs is 1. The molecule has 0 aliphatic heterocycles. The summed E-state index contributed by atoms with van der Waals surface area (Å²) in [5.74, 6) is 0.920. The second-order valence-corrected chi connectivity index (χ2v) is 4.28. The molecule has 2 N–H and O–H groups in total. The highest BCUT2D eigenvalue weighted by Gasteiger charge is 2.01. The average Bonchev–Trinajstić information content (AvgIpc) is 2.83. The predicted molar refractivity (Wildman–Crippen MR) is 73.3 cm³/mol. The van der Waals surface area contributed by atoms with Crippen molar-refractivity contribution in [3.05, 3.63) is 54.2 Å². The topological polar surface area (TPSA) is 62.5 Å². The highest BCUT2D eigenvalue weighted by atomic mass is 16.3. The van der Waals surface area contributed by atoms with Gasteiger partial charge in [-0.1, -0.05) is 18.2 Å². The number of phenols is 1. The predicted octanol–water partition coefficient (Wildman–Crippen LogP) is 2.09. The van der Waals surface area contributed by atoms with E-state index in [-0.39, 0.29) is 0 Å². The van der Waals surface area contributed by atoms with Gasteiger partial charge in [0.05, 0.1) is 0 Å². The molecule has 0 bridgehead atoms. The van der Waals surface area contributed by atoms with Crippen LogP contribution in [0.4, 0.5) is 5.95 Å². The van der Waals surface area contributed by atoms with E-state index in [1.165, 1.54) is 0 Å². The number of aromatic nitrogens is 3. The third-order valence-electron chi connectivity index (χ3n) is 2.87. The van der Waals surface area contributed by atoms with Gasteiger partial charge in [-0.3, -0.25) is 0 Å². The molecule has 0 saturated carbocycles. The van der Waals surface area contributed by atoms with Gasteiger partial charge in [-0.05, 0) is 36.2 Å². The van der Waals surface area contributed by atoms with Crippen LogP contribution in [0.3, 0.4) is 0 Å². The molecule has 0 fully saturated rings. The molecule has 0 radical (unpaired) electrons. The van der Waals surface area contributed by atoms with Crippen molar-refractivity contribution in [1.82, 2.24) is 14.6 Å². The maximum Gasteiger partial charge on any atom is 0.243 e. The molecule has 0 spiro atoms. The SMILES string of the molecule is Oc1ccc(CCNc2nc3ccccn3n2)cc1. The van der Waals surface area contributed by atoms with Crippen LogP contribution in [-0.2, 0) is 6.42 Å². The lowest BCUT2D eigenvalue weighted by Crippen LogP contribution is -2.06. The number of pyridine rings is 1. The normalized spacial score (nSPS) is 10.7. The largest absolute Gasteiger partial charge is 0.508 e. The Bertz CT molecular complexity index is 642. The standard InChI is InChI=1S/C14H14N4O/c19-12-6-4-11(5-7-12)8-9-15-14-16-13-3-1-2-10-18(13)17-14/h1-7,10,19H,8-9H2,(H,15,17). The average molecular weight is 254 g/mol. The molecule has 0 amide bonds. The maximum atomic E-state index is 9.20. The number of hydrogen-bond donors (Lipinski definition) is 2. The minimum absolute atomic E-state index is 0.290. The van der Waals surface area contributed by atoms with Crippen molar-refractivity contribution in [2.24, 2.45) is 0 Å². The van der Waals surface area contributed by atoms with Crippen LogP contribution < -0.4 is 5.32 Å². The van der Waals surface area contributed by atoms with Crippen LogP contribution in [0.15, 0.2) is 48.7 Å². The molecule has 96 valence electrons. The van der Waals surface area contributed by atoms with Crippen LogP contribution in [0, 0.1) is 0 Å². The lowest BCUT2D eigenvalue weighted by molar-refractivity contribution is 0.475. The van der Waals surface area contributed by atoms with E-state index in [0.717, 1.165) is 24.2 Å². The highest BCUT2D eigenvalue weighted by Crippen LogP contribution is 2.10. The number of nitrogens with one attached hydrogen (secondary N) is 1. The van der Waals surface area contributed by atoms with E-state index in [0.29, 0.717) is 11.7 Å². The van der Waals surface area contributed by atoms with Crippen LogP contribution >= 0.6 is 0 Å². The first-order valence-electron chi connectivity index (χ1n) is 6.14. The van der Waals surface area contributed by atoms with Gasteiger partial charge in [0.15, 0.2) is 5.65 Å². The van der Waals surface area contributed by atoms with Crippen molar-refractivity contribution in [3.63, 3.8) is 0 Å². The van der Waals surface area contributed by atoms with Crippen LogP contribution in [0.2, 0.25) is 0 Å². The first-order chi connectivity index (χ1) is 9.31. The Morgan fingerprint density at radius 1 is 1.11 bits per heavy atom. The molecule has 3 rings (SSSR count). The zero-order valence-electron chi connectivity index (χ0n) is 10.3. The molecule has 1 aromatic carbocycles. The van der Waals surface area contributed by atoms with E-state index in [2.05, 4.69) is 15.4 Å². The second-order valence-electron chi connectivity index (χ2n) is 4.28. The summed E-state index contributed by atoms with van der Waals surface area (Å²) in [4.78, 5) is 4.36. The zero-order chi connectivity index (χ0) is 13.1. The van der Waals surface area contributed by atoms with Gasteiger partial charge in [0.25, 0.3) is 0 Å². The van der Waals surface area contributed by atoms with Crippen LogP contribution in [0.25, 0.3) is 5.65 Å². The van der Waals surface area contributed by atoms with Crippen LogP contribution in [-0.4, -0.2) is 26.2 Å². The molecule has 0 atom stereocenters. The van der Waals surface area contributed by atoms with Gasteiger partial charge < -0.3 is 10.4 Å². The van der Waals surface area contributed by atoms with E-state index in [9.17, 15) is 5.11 Å². The van der Waals surface area contributed by atoms with Crippen molar-refractivity contribution >= 4 is 11.6 Å². The molecule has 2 aromatic heterocycles. The number of nitrogens with zero attached hydrogens (tertiary/aromatic N) is 3. The summed E-state index contributed by atoms with van der Waals surface area (Å²) in [6, 6.07) is 13.0. The number of phenolic OH excluding ortho intramolecular Hbond substituents is 1. The molecule has 2 heterocycles. The Balaban J connectivity index is 1.61. The van der Waals surface area contributed by atoms with Crippen molar-refractivity contribution in [3.8, 4) is 5.75 Å².